The quantitative estimate of drug-likeness (QED) is 0.224. The molecule has 0 radical (unpaired) electrons. The number of piperidine rings is 2. The summed E-state index contributed by atoms with van der Waals surface area (Å²) in [4.78, 5) is 24.1. The lowest BCUT2D eigenvalue weighted by Gasteiger charge is -2.47. The van der Waals surface area contributed by atoms with Crippen LogP contribution < -0.4 is 5.32 Å². The first-order valence-electron chi connectivity index (χ1n) is 15.4. The second-order valence-electron chi connectivity index (χ2n) is 13.0. The first-order chi connectivity index (χ1) is 19.8. The van der Waals surface area contributed by atoms with Gasteiger partial charge in [0.2, 0.25) is 5.91 Å². The van der Waals surface area contributed by atoms with Gasteiger partial charge < -0.3 is 15.2 Å². The number of pyridine rings is 1. The predicted molar refractivity (Wildman–Crippen MR) is 168 cm³/mol. The Balaban J connectivity index is 1.30. The van der Waals surface area contributed by atoms with Crippen LogP contribution >= 0.6 is 0 Å². The van der Waals surface area contributed by atoms with Crippen LogP contribution in [0.3, 0.4) is 0 Å². The number of aryl methyl sites for hydroxylation is 2. The van der Waals surface area contributed by atoms with Crippen LogP contribution in [0.5, 0.6) is 0 Å². The standard InChI is InChI=1S/C36H44N4O/c1-24-19-25(2)21-28(20-24)34-31(14-18-38-17-13-26-11-15-37-16-12-26)32-22-29(7-10-33(32)39-34)36(3,4)35(41)40-23-27-5-8-30(40)9-6-27/h7,10-12,15-16,19-22,27,30,38-39H,5-6,8-9,13-14,17-18,23H2,1-4H3. The topological polar surface area (TPSA) is 61.0 Å². The van der Waals surface area contributed by atoms with Crippen molar-refractivity contribution in [3.05, 3.63) is 88.7 Å². The van der Waals surface area contributed by atoms with Gasteiger partial charge in [0, 0.05) is 41.6 Å². The summed E-state index contributed by atoms with van der Waals surface area (Å²) >= 11 is 0. The van der Waals surface area contributed by atoms with Gasteiger partial charge in [-0.25, -0.2) is 0 Å². The number of rotatable bonds is 9. The molecule has 3 aliphatic rings. The lowest BCUT2D eigenvalue weighted by molar-refractivity contribution is -0.144. The molecule has 2 saturated heterocycles. The zero-order valence-corrected chi connectivity index (χ0v) is 25.1. The molecule has 0 spiro atoms. The lowest BCUT2D eigenvalue weighted by atomic mass is 9.76. The summed E-state index contributed by atoms with van der Waals surface area (Å²) in [6.07, 6.45) is 10.5. The number of aromatic amines is 1. The van der Waals surface area contributed by atoms with Crippen LogP contribution in [0.15, 0.2) is 60.9 Å². The van der Waals surface area contributed by atoms with E-state index in [1.54, 1.807) is 0 Å². The average molecular weight is 549 g/mol. The third kappa shape index (κ3) is 5.70. The summed E-state index contributed by atoms with van der Waals surface area (Å²) in [5.74, 6) is 0.973. The summed E-state index contributed by atoms with van der Waals surface area (Å²) < 4.78 is 0. The number of benzene rings is 2. The van der Waals surface area contributed by atoms with Crippen molar-refractivity contribution in [2.45, 2.75) is 77.7 Å². The lowest BCUT2D eigenvalue weighted by Crippen LogP contribution is -2.55. The summed E-state index contributed by atoms with van der Waals surface area (Å²) in [5, 5.41) is 4.89. The monoisotopic (exact) mass is 548 g/mol. The fourth-order valence-corrected chi connectivity index (χ4v) is 7.18. The number of hydrogen-bond donors (Lipinski definition) is 2. The molecule has 2 bridgehead atoms. The van der Waals surface area contributed by atoms with Crippen LogP contribution in [0, 0.1) is 19.8 Å². The summed E-state index contributed by atoms with van der Waals surface area (Å²) in [5.41, 5.74) is 9.25. The molecule has 1 saturated carbocycles. The number of H-pyrrole nitrogens is 1. The van der Waals surface area contributed by atoms with Gasteiger partial charge in [0.15, 0.2) is 0 Å². The number of amides is 1. The number of carbonyl (C=O) groups is 1. The molecule has 1 aliphatic carbocycles. The SMILES string of the molecule is Cc1cc(C)cc(-c2[nH]c3ccc(C(C)(C)C(=O)N4CC5CCC4CC5)cc3c2CCNCCc2ccncc2)c1. The Morgan fingerprint density at radius 3 is 2.34 bits per heavy atom. The maximum atomic E-state index is 14.0. The van der Waals surface area contributed by atoms with Crippen LogP contribution in [0.4, 0.5) is 0 Å². The Labute approximate surface area is 244 Å². The van der Waals surface area contributed by atoms with Gasteiger partial charge >= 0.3 is 0 Å². The Morgan fingerprint density at radius 1 is 0.951 bits per heavy atom. The third-order valence-corrected chi connectivity index (χ3v) is 9.54. The number of nitrogens with zero attached hydrogens (tertiary/aromatic N) is 2. The molecule has 2 N–H and O–H groups in total. The summed E-state index contributed by atoms with van der Waals surface area (Å²) in [7, 11) is 0. The van der Waals surface area contributed by atoms with Crippen molar-refractivity contribution in [2.24, 2.45) is 5.92 Å². The van der Waals surface area contributed by atoms with Crippen LogP contribution in [-0.4, -0.2) is 46.5 Å². The van der Waals surface area contributed by atoms with Crippen molar-refractivity contribution in [1.29, 1.82) is 0 Å². The zero-order chi connectivity index (χ0) is 28.6. The first-order valence-corrected chi connectivity index (χ1v) is 15.4. The van der Waals surface area contributed by atoms with E-state index in [-0.39, 0.29) is 5.91 Å². The van der Waals surface area contributed by atoms with Crippen LogP contribution in [0.2, 0.25) is 0 Å². The minimum absolute atomic E-state index is 0.288. The highest BCUT2D eigenvalue weighted by atomic mass is 16.2. The van der Waals surface area contributed by atoms with E-state index < -0.39 is 5.41 Å². The van der Waals surface area contributed by atoms with E-state index in [4.69, 9.17) is 0 Å². The van der Waals surface area contributed by atoms with Crippen LogP contribution in [-0.2, 0) is 23.1 Å². The molecule has 0 unspecified atom stereocenters. The van der Waals surface area contributed by atoms with Crippen LogP contribution in [0.25, 0.3) is 22.2 Å². The molecule has 2 aromatic carbocycles. The fourth-order valence-electron chi connectivity index (χ4n) is 7.18. The van der Waals surface area contributed by atoms with Gasteiger partial charge in [0.25, 0.3) is 0 Å². The average Bonchev–Trinajstić information content (AvgIpc) is 3.35. The normalized spacial score (nSPS) is 18.8. The van der Waals surface area contributed by atoms with Crippen molar-refractivity contribution in [1.82, 2.24) is 20.2 Å². The highest BCUT2D eigenvalue weighted by molar-refractivity contribution is 5.94. The van der Waals surface area contributed by atoms with E-state index in [0.717, 1.165) is 43.6 Å². The molecule has 4 aromatic rings. The zero-order valence-electron chi connectivity index (χ0n) is 25.1. The second-order valence-corrected chi connectivity index (χ2v) is 13.0. The molecule has 0 atom stereocenters. The Morgan fingerprint density at radius 2 is 1.66 bits per heavy atom. The number of aromatic nitrogens is 2. The number of fused-ring (bicyclic) bond motifs is 4. The van der Waals surface area contributed by atoms with E-state index in [9.17, 15) is 4.79 Å². The Hall–Kier alpha value is -3.44. The largest absolute Gasteiger partial charge is 0.354 e. The number of hydrogen-bond acceptors (Lipinski definition) is 3. The molecule has 7 rings (SSSR count). The van der Waals surface area contributed by atoms with Crippen molar-refractivity contribution >= 4 is 16.8 Å². The van der Waals surface area contributed by atoms with Crippen molar-refractivity contribution in [3.8, 4) is 11.3 Å². The first kappa shape index (κ1) is 27.7. The van der Waals surface area contributed by atoms with Crippen molar-refractivity contribution < 1.29 is 4.79 Å². The van der Waals surface area contributed by atoms with Crippen LogP contribution in [0.1, 0.15) is 67.3 Å². The molecule has 2 aromatic heterocycles. The van der Waals surface area contributed by atoms with Gasteiger partial charge in [-0.1, -0.05) is 23.3 Å². The minimum atomic E-state index is -0.566. The molecule has 214 valence electrons. The second kappa shape index (κ2) is 11.4. The predicted octanol–water partition coefficient (Wildman–Crippen LogP) is 6.90. The van der Waals surface area contributed by atoms with E-state index in [1.165, 1.54) is 64.6 Å². The van der Waals surface area contributed by atoms with Gasteiger partial charge in [-0.15, -0.1) is 0 Å². The molecule has 2 aliphatic heterocycles. The highest BCUT2D eigenvalue weighted by Crippen LogP contribution is 2.39. The molecule has 41 heavy (non-hydrogen) atoms. The Bertz CT molecular complexity index is 1510. The minimum Gasteiger partial charge on any atom is -0.354 e. The van der Waals surface area contributed by atoms with Gasteiger partial charge in [-0.05, 0) is 144 Å². The molecular formula is C36H44N4O. The Kier molecular flexibility index (Phi) is 7.74. The summed E-state index contributed by atoms with van der Waals surface area (Å²) in [6.45, 7) is 11.3. The van der Waals surface area contributed by atoms with E-state index in [0.29, 0.717) is 12.0 Å². The van der Waals surface area contributed by atoms with E-state index in [1.807, 2.05) is 12.4 Å². The maximum Gasteiger partial charge on any atom is 0.232 e. The van der Waals surface area contributed by atoms with Gasteiger partial charge in [0.05, 0.1) is 5.41 Å². The molecule has 1 amide bonds. The number of nitrogens with one attached hydrogen (secondary N) is 2. The van der Waals surface area contributed by atoms with Gasteiger partial charge in [-0.2, -0.15) is 0 Å². The van der Waals surface area contributed by atoms with Crippen molar-refractivity contribution in [3.63, 3.8) is 0 Å². The summed E-state index contributed by atoms with van der Waals surface area (Å²) in [6, 6.07) is 18.0. The van der Waals surface area contributed by atoms with E-state index >= 15 is 0 Å². The van der Waals surface area contributed by atoms with Gasteiger partial charge in [0.1, 0.15) is 0 Å². The molecule has 4 heterocycles. The van der Waals surface area contributed by atoms with E-state index in [2.05, 4.69) is 96.4 Å². The molecule has 5 nitrogen and oxygen atoms in total. The molecular weight excluding hydrogens is 504 g/mol. The number of carbonyl (C=O) groups excluding carboxylic acids is 1. The molecule has 3 fully saturated rings. The maximum absolute atomic E-state index is 14.0. The third-order valence-electron chi connectivity index (χ3n) is 9.54. The van der Waals surface area contributed by atoms with Crippen molar-refractivity contribution in [2.75, 3.05) is 19.6 Å². The highest BCUT2D eigenvalue weighted by Gasteiger charge is 2.42. The molecule has 5 heteroatoms. The van der Waals surface area contributed by atoms with Gasteiger partial charge in [-0.3, -0.25) is 9.78 Å². The smallest absolute Gasteiger partial charge is 0.232 e. The fraction of sp³-hybridized carbons (Fsp3) is 0.444.